The van der Waals surface area contributed by atoms with Crippen LogP contribution in [-0.4, -0.2) is 31.4 Å². The first-order chi connectivity index (χ1) is 6.25. The Kier molecular flexibility index (Phi) is 2.94. The summed E-state index contributed by atoms with van der Waals surface area (Å²) in [4.78, 5) is 0. The highest BCUT2D eigenvalue weighted by molar-refractivity contribution is 6.56. The van der Waals surface area contributed by atoms with E-state index in [0.717, 1.165) is 5.56 Å². The molecule has 1 rings (SSSR count). The molecule has 0 bridgehead atoms. The van der Waals surface area contributed by atoms with Crippen LogP contribution in [0.4, 0.5) is 0 Å². The van der Waals surface area contributed by atoms with Crippen molar-refractivity contribution in [3.05, 3.63) is 11.6 Å². The third-order valence-electron chi connectivity index (χ3n) is 2.22. The summed E-state index contributed by atoms with van der Waals surface area (Å²) in [5.41, 5.74) is 2.71. The maximum Gasteiger partial charge on any atom is 0.113 e. The van der Waals surface area contributed by atoms with Crippen LogP contribution in [0.3, 0.4) is 0 Å². The lowest BCUT2D eigenvalue weighted by Gasteiger charge is -2.28. The van der Waals surface area contributed by atoms with Crippen LogP contribution in [0.25, 0.3) is 0 Å². The Bertz CT molecular complexity index is 337. The van der Waals surface area contributed by atoms with Gasteiger partial charge in [-0.3, -0.25) is 0 Å². The number of hydrogen-bond donors (Lipinski definition) is 0. The Balaban J connectivity index is 3.56. The second-order valence-electron chi connectivity index (χ2n) is 4.51. The number of benzene rings is 1. The Morgan fingerprint density at radius 2 is 1.21 bits per heavy atom. The molecule has 0 spiro atoms. The van der Waals surface area contributed by atoms with Gasteiger partial charge in [-0.05, 0) is 5.41 Å². The van der Waals surface area contributed by atoms with Crippen molar-refractivity contribution in [1.82, 2.24) is 0 Å². The zero-order chi connectivity index (χ0) is 11.1. The van der Waals surface area contributed by atoms with Gasteiger partial charge in [-0.1, -0.05) is 32.4 Å². The molecule has 0 fully saturated rings. The molecule has 0 unspecified atom stereocenters. The standard InChI is InChI=1S/C10H10B4/c1-10(2,3)7-8(13)5(11)4-6(12)9(7)14/h4H,1-3H3. The summed E-state index contributed by atoms with van der Waals surface area (Å²) < 4.78 is 0. The molecule has 0 nitrogen and oxygen atoms in total. The maximum absolute atomic E-state index is 5.88. The summed E-state index contributed by atoms with van der Waals surface area (Å²) in [7, 11) is 23.2. The molecule has 0 heterocycles. The van der Waals surface area contributed by atoms with Gasteiger partial charge in [-0.15, -0.1) is 21.9 Å². The molecule has 8 radical (unpaired) electrons. The zero-order valence-electron chi connectivity index (χ0n) is 8.89. The fourth-order valence-corrected chi connectivity index (χ4v) is 1.56. The number of hydrogen-bond acceptors (Lipinski definition) is 0. The molecule has 0 atom stereocenters. The van der Waals surface area contributed by atoms with E-state index in [9.17, 15) is 0 Å². The third kappa shape index (κ3) is 1.94. The van der Waals surface area contributed by atoms with E-state index in [1.165, 1.54) is 0 Å². The second kappa shape index (κ2) is 3.56. The minimum atomic E-state index is -0.155. The maximum atomic E-state index is 5.88. The summed E-state index contributed by atoms with van der Waals surface area (Å²) in [5, 5.41) is 0. The smallest absolute Gasteiger partial charge is 0.104 e. The van der Waals surface area contributed by atoms with Crippen molar-refractivity contribution < 1.29 is 0 Å². The van der Waals surface area contributed by atoms with Gasteiger partial charge in [0.15, 0.2) is 0 Å². The van der Waals surface area contributed by atoms with E-state index in [-0.39, 0.29) is 5.41 Å². The third-order valence-corrected chi connectivity index (χ3v) is 2.22. The van der Waals surface area contributed by atoms with E-state index in [1.54, 1.807) is 6.07 Å². The molecule has 0 aliphatic carbocycles. The van der Waals surface area contributed by atoms with Crippen molar-refractivity contribution in [2.45, 2.75) is 26.2 Å². The molecule has 0 saturated heterocycles. The van der Waals surface area contributed by atoms with Crippen LogP contribution < -0.4 is 21.9 Å². The highest BCUT2D eigenvalue weighted by Gasteiger charge is 2.19. The largest absolute Gasteiger partial charge is 0.113 e. The summed E-state index contributed by atoms with van der Waals surface area (Å²) in [6, 6.07) is 1.60. The van der Waals surface area contributed by atoms with E-state index in [1.807, 2.05) is 20.8 Å². The van der Waals surface area contributed by atoms with Crippen LogP contribution in [0.1, 0.15) is 26.3 Å². The molecular formula is C10H10B4. The van der Waals surface area contributed by atoms with Crippen LogP contribution in [0, 0.1) is 0 Å². The number of rotatable bonds is 0. The fourth-order valence-electron chi connectivity index (χ4n) is 1.56. The van der Waals surface area contributed by atoms with Crippen LogP contribution >= 0.6 is 0 Å². The van der Waals surface area contributed by atoms with Crippen LogP contribution in [-0.2, 0) is 5.41 Å². The minimum Gasteiger partial charge on any atom is -0.104 e. The molecule has 0 aliphatic rings. The molecule has 0 N–H and O–H groups in total. The van der Waals surface area contributed by atoms with Gasteiger partial charge in [-0.2, -0.15) is 0 Å². The average molecular weight is 173 g/mol. The molecule has 62 valence electrons. The van der Waals surface area contributed by atoms with Crippen molar-refractivity contribution in [2.24, 2.45) is 0 Å². The summed E-state index contributed by atoms with van der Waals surface area (Å²) in [6.07, 6.45) is 0. The van der Waals surface area contributed by atoms with Crippen LogP contribution in [0.5, 0.6) is 0 Å². The second-order valence-corrected chi connectivity index (χ2v) is 4.51. The fraction of sp³-hybridized carbons (Fsp3) is 0.400. The molecular weight excluding hydrogens is 163 g/mol. The molecule has 0 aromatic heterocycles. The van der Waals surface area contributed by atoms with Gasteiger partial charge in [0.05, 0.1) is 0 Å². The highest BCUT2D eigenvalue weighted by atomic mass is 14.2. The van der Waals surface area contributed by atoms with Gasteiger partial charge in [-0.25, -0.2) is 0 Å². The van der Waals surface area contributed by atoms with E-state index < -0.39 is 0 Å². The van der Waals surface area contributed by atoms with Gasteiger partial charge in [0.1, 0.15) is 31.4 Å². The average Bonchev–Trinajstić information content (AvgIpc) is 1.98. The van der Waals surface area contributed by atoms with Crippen molar-refractivity contribution in [3.63, 3.8) is 0 Å². The molecule has 0 aliphatic heterocycles. The van der Waals surface area contributed by atoms with Gasteiger partial charge in [0, 0.05) is 0 Å². The monoisotopic (exact) mass is 174 g/mol. The first-order valence-corrected chi connectivity index (χ1v) is 4.48. The SMILES string of the molecule is [B]c1cc([B])c([B])c(C(C)(C)C)c1[B]. The van der Waals surface area contributed by atoms with Gasteiger partial charge < -0.3 is 0 Å². The van der Waals surface area contributed by atoms with E-state index >= 15 is 0 Å². The Labute approximate surface area is 91.5 Å². The first kappa shape index (κ1) is 11.6. The normalized spacial score (nSPS) is 11.6. The lowest BCUT2D eigenvalue weighted by atomic mass is 9.62. The first-order valence-electron chi connectivity index (χ1n) is 4.48. The van der Waals surface area contributed by atoms with Gasteiger partial charge >= 0.3 is 0 Å². The lowest BCUT2D eigenvalue weighted by molar-refractivity contribution is 0.598. The van der Waals surface area contributed by atoms with Gasteiger partial charge in [0.2, 0.25) is 0 Å². The molecule has 4 heteroatoms. The zero-order valence-corrected chi connectivity index (χ0v) is 8.89. The summed E-state index contributed by atoms with van der Waals surface area (Å²) in [6.45, 7) is 6.07. The molecule has 14 heavy (non-hydrogen) atoms. The minimum absolute atomic E-state index is 0.155. The Morgan fingerprint density at radius 1 is 0.857 bits per heavy atom. The van der Waals surface area contributed by atoms with Crippen molar-refractivity contribution in [2.75, 3.05) is 0 Å². The van der Waals surface area contributed by atoms with E-state index in [4.69, 9.17) is 31.4 Å². The van der Waals surface area contributed by atoms with Crippen molar-refractivity contribution in [3.8, 4) is 0 Å². The van der Waals surface area contributed by atoms with Crippen molar-refractivity contribution >= 4 is 53.2 Å². The predicted octanol–water partition coefficient (Wildman–Crippen LogP) is -1.84. The van der Waals surface area contributed by atoms with E-state index in [0.29, 0.717) is 21.9 Å². The molecule has 1 aromatic rings. The summed E-state index contributed by atoms with van der Waals surface area (Å²) >= 11 is 0. The van der Waals surface area contributed by atoms with Gasteiger partial charge in [0.25, 0.3) is 0 Å². The van der Waals surface area contributed by atoms with Crippen molar-refractivity contribution in [1.29, 1.82) is 0 Å². The molecule has 0 saturated carbocycles. The molecule has 1 aromatic carbocycles. The quantitative estimate of drug-likeness (QED) is 0.405. The summed E-state index contributed by atoms with van der Waals surface area (Å²) in [5.74, 6) is 0. The molecule has 0 amide bonds. The Hall–Kier alpha value is -0.520. The predicted molar refractivity (Wildman–Crippen MR) is 66.7 cm³/mol. The Morgan fingerprint density at radius 3 is 1.50 bits per heavy atom. The highest BCUT2D eigenvalue weighted by Crippen LogP contribution is 2.16. The topological polar surface area (TPSA) is 0 Å². The van der Waals surface area contributed by atoms with Crippen LogP contribution in [0.15, 0.2) is 6.07 Å². The van der Waals surface area contributed by atoms with E-state index in [2.05, 4.69) is 0 Å². The van der Waals surface area contributed by atoms with Crippen LogP contribution in [0.2, 0.25) is 0 Å². The lowest BCUT2D eigenvalue weighted by Crippen LogP contribution is -2.47.